The van der Waals surface area contributed by atoms with Gasteiger partial charge in [-0.05, 0) is 23.6 Å². The summed E-state index contributed by atoms with van der Waals surface area (Å²) in [5.41, 5.74) is 4.30. The van der Waals surface area contributed by atoms with E-state index in [9.17, 15) is 9.59 Å². The maximum Gasteiger partial charge on any atom is 0.246 e. The van der Waals surface area contributed by atoms with Crippen molar-refractivity contribution in [3.05, 3.63) is 71.4 Å². The van der Waals surface area contributed by atoms with Crippen molar-refractivity contribution < 1.29 is 9.59 Å². The lowest BCUT2D eigenvalue weighted by Crippen LogP contribution is -2.63. The number of aromatic amines is 1. The van der Waals surface area contributed by atoms with Gasteiger partial charge in [-0.2, -0.15) is 0 Å². The number of piperazine rings is 1. The van der Waals surface area contributed by atoms with Gasteiger partial charge in [0.25, 0.3) is 0 Å². The molecule has 0 aliphatic carbocycles. The van der Waals surface area contributed by atoms with Gasteiger partial charge in [-0.1, -0.05) is 68.3 Å². The first-order valence-electron chi connectivity index (χ1n) is 10.9. The topological polar surface area (TPSA) is 56.4 Å². The first-order chi connectivity index (χ1) is 14.7. The molecule has 2 amide bonds. The Morgan fingerprint density at radius 2 is 1.77 bits per heavy atom. The highest BCUT2D eigenvalue weighted by atomic mass is 16.2. The number of hydrogen-bond donors (Lipinski definition) is 1. The van der Waals surface area contributed by atoms with Crippen molar-refractivity contribution in [1.82, 2.24) is 14.8 Å². The molecule has 2 aromatic carbocycles. The minimum absolute atomic E-state index is 0.0363. The minimum Gasteiger partial charge on any atom is -0.356 e. The van der Waals surface area contributed by atoms with Crippen LogP contribution in [0.15, 0.2) is 54.6 Å². The van der Waals surface area contributed by atoms with E-state index in [-0.39, 0.29) is 24.4 Å². The Labute approximate surface area is 176 Å². The molecule has 5 heteroatoms. The number of H-pyrrole nitrogens is 1. The summed E-state index contributed by atoms with van der Waals surface area (Å²) in [5.74, 6) is 0.122. The number of unbranched alkanes of at least 4 members (excludes halogenated alkanes) is 2. The molecule has 0 bridgehead atoms. The highest BCUT2D eigenvalue weighted by Gasteiger charge is 2.47. The minimum atomic E-state index is -0.440. The quantitative estimate of drug-likeness (QED) is 0.656. The Kier molecular flexibility index (Phi) is 4.81. The molecule has 0 spiro atoms. The van der Waals surface area contributed by atoms with Gasteiger partial charge in [0.05, 0.1) is 12.6 Å². The second-order valence-electron chi connectivity index (χ2n) is 8.36. The molecule has 2 unspecified atom stereocenters. The molecule has 2 aliphatic heterocycles. The number of carbonyl (C=O) groups is 2. The molecule has 1 aromatic heterocycles. The molecule has 154 valence electrons. The number of benzene rings is 2. The van der Waals surface area contributed by atoms with Gasteiger partial charge in [0.2, 0.25) is 11.8 Å². The van der Waals surface area contributed by atoms with Crippen molar-refractivity contribution in [2.45, 2.75) is 44.7 Å². The molecule has 5 nitrogen and oxygen atoms in total. The maximum atomic E-state index is 13.5. The van der Waals surface area contributed by atoms with Crippen LogP contribution in [0.1, 0.15) is 49.0 Å². The monoisotopic (exact) mass is 401 g/mol. The molecule has 1 saturated heterocycles. The van der Waals surface area contributed by atoms with Crippen LogP contribution < -0.4 is 0 Å². The zero-order valence-corrected chi connectivity index (χ0v) is 17.3. The number of amides is 2. The van der Waals surface area contributed by atoms with Gasteiger partial charge in [-0.15, -0.1) is 0 Å². The Bertz CT molecular complexity index is 1090. The first-order valence-corrected chi connectivity index (χ1v) is 10.9. The van der Waals surface area contributed by atoms with Crippen molar-refractivity contribution in [3.8, 4) is 0 Å². The summed E-state index contributed by atoms with van der Waals surface area (Å²) in [6.45, 7) is 2.99. The van der Waals surface area contributed by atoms with Crippen molar-refractivity contribution in [3.63, 3.8) is 0 Å². The van der Waals surface area contributed by atoms with Crippen molar-refractivity contribution in [2.24, 2.45) is 0 Å². The molecule has 0 saturated carbocycles. The number of aromatic nitrogens is 1. The molecule has 1 fully saturated rings. The van der Waals surface area contributed by atoms with E-state index in [4.69, 9.17) is 0 Å². The highest BCUT2D eigenvalue weighted by Crippen LogP contribution is 2.42. The van der Waals surface area contributed by atoms with E-state index in [0.717, 1.165) is 47.0 Å². The summed E-state index contributed by atoms with van der Waals surface area (Å²) < 4.78 is 0. The van der Waals surface area contributed by atoms with Gasteiger partial charge < -0.3 is 14.8 Å². The molecule has 3 aromatic rings. The molecular weight excluding hydrogens is 374 g/mol. The number of para-hydroxylation sites is 1. The number of fused-ring (bicyclic) bond motifs is 4. The lowest BCUT2D eigenvalue weighted by molar-refractivity contribution is -0.158. The van der Waals surface area contributed by atoms with Crippen LogP contribution in [0, 0.1) is 0 Å². The van der Waals surface area contributed by atoms with Gasteiger partial charge in [0.1, 0.15) is 6.04 Å². The summed E-state index contributed by atoms with van der Waals surface area (Å²) in [6, 6.07) is 17.6. The number of nitrogens with zero attached hydrogens (tertiary/aromatic N) is 2. The molecule has 2 atom stereocenters. The number of nitrogens with one attached hydrogen (secondary N) is 1. The summed E-state index contributed by atoms with van der Waals surface area (Å²) in [5, 5.41) is 1.15. The predicted molar refractivity (Wildman–Crippen MR) is 117 cm³/mol. The van der Waals surface area contributed by atoms with Crippen LogP contribution in [0.5, 0.6) is 0 Å². The molecule has 2 aliphatic rings. The van der Waals surface area contributed by atoms with Crippen LogP contribution >= 0.6 is 0 Å². The van der Waals surface area contributed by atoms with Gasteiger partial charge in [-0.25, -0.2) is 0 Å². The SMILES string of the molecule is CCCCCN1CC(=O)N2C(Cc3c([nH]c4ccccc34)C2c2ccccc2)C1=O. The summed E-state index contributed by atoms with van der Waals surface area (Å²) in [4.78, 5) is 34.0. The Morgan fingerprint density at radius 1 is 1.00 bits per heavy atom. The number of rotatable bonds is 5. The molecule has 5 rings (SSSR count). The summed E-state index contributed by atoms with van der Waals surface area (Å²) in [6.07, 6.45) is 3.69. The third-order valence-corrected chi connectivity index (χ3v) is 6.49. The van der Waals surface area contributed by atoms with Crippen LogP contribution in [-0.2, 0) is 16.0 Å². The molecule has 1 N–H and O–H groups in total. The van der Waals surface area contributed by atoms with E-state index in [1.165, 1.54) is 0 Å². The maximum absolute atomic E-state index is 13.5. The van der Waals surface area contributed by atoms with E-state index in [2.05, 4.69) is 24.0 Å². The lowest BCUT2D eigenvalue weighted by atomic mass is 9.86. The second-order valence-corrected chi connectivity index (χ2v) is 8.36. The van der Waals surface area contributed by atoms with Crippen LogP contribution in [0.25, 0.3) is 10.9 Å². The van der Waals surface area contributed by atoms with Crippen LogP contribution in [0.4, 0.5) is 0 Å². The molecular formula is C25H27N3O2. The van der Waals surface area contributed by atoms with E-state index in [1.807, 2.05) is 47.4 Å². The standard InChI is InChI=1S/C25H27N3O2/c1-2-3-9-14-27-16-22(29)28-21(25(27)30)15-19-18-12-7-8-13-20(18)26-23(19)24(28)17-10-5-4-6-11-17/h4-8,10-13,21,24,26H,2-3,9,14-16H2,1H3. The fourth-order valence-corrected chi connectivity index (χ4v) is 5.05. The van der Waals surface area contributed by atoms with Crippen LogP contribution in [0.3, 0.4) is 0 Å². The summed E-state index contributed by atoms with van der Waals surface area (Å²) in [7, 11) is 0. The van der Waals surface area contributed by atoms with Crippen LogP contribution in [0.2, 0.25) is 0 Å². The van der Waals surface area contributed by atoms with Crippen molar-refractivity contribution in [2.75, 3.05) is 13.1 Å². The largest absolute Gasteiger partial charge is 0.356 e. The predicted octanol–water partition coefficient (Wildman–Crippen LogP) is 4.04. The van der Waals surface area contributed by atoms with E-state index >= 15 is 0 Å². The summed E-state index contributed by atoms with van der Waals surface area (Å²) >= 11 is 0. The lowest BCUT2D eigenvalue weighted by Gasteiger charge is -2.47. The Balaban J connectivity index is 1.61. The van der Waals surface area contributed by atoms with E-state index in [0.29, 0.717) is 13.0 Å². The Hall–Kier alpha value is -3.08. The highest BCUT2D eigenvalue weighted by molar-refractivity contribution is 5.97. The fourth-order valence-electron chi connectivity index (χ4n) is 5.05. The average molecular weight is 402 g/mol. The molecule has 0 radical (unpaired) electrons. The van der Waals surface area contributed by atoms with Gasteiger partial charge in [0.15, 0.2) is 0 Å². The van der Waals surface area contributed by atoms with E-state index in [1.54, 1.807) is 4.90 Å². The van der Waals surface area contributed by atoms with Crippen LogP contribution in [-0.4, -0.2) is 45.7 Å². The Morgan fingerprint density at radius 3 is 2.57 bits per heavy atom. The second kappa shape index (κ2) is 7.63. The zero-order valence-electron chi connectivity index (χ0n) is 17.3. The first kappa shape index (κ1) is 18.9. The molecule has 3 heterocycles. The number of carbonyl (C=O) groups excluding carboxylic acids is 2. The van der Waals surface area contributed by atoms with Gasteiger partial charge in [-0.3, -0.25) is 9.59 Å². The number of hydrogen-bond acceptors (Lipinski definition) is 2. The fraction of sp³-hybridized carbons (Fsp3) is 0.360. The third-order valence-electron chi connectivity index (χ3n) is 6.49. The van der Waals surface area contributed by atoms with Crippen molar-refractivity contribution in [1.29, 1.82) is 0 Å². The van der Waals surface area contributed by atoms with Gasteiger partial charge >= 0.3 is 0 Å². The zero-order chi connectivity index (χ0) is 20.7. The molecule has 30 heavy (non-hydrogen) atoms. The third kappa shape index (κ3) is 3.00. The van der Waals surface area contributed by atoms with Gasteiger partial charge in [0, 0.05) is 29.6 Å². The average Bonchev–Trinajstić information content (AvgIpc) is 3.15. The van der Waals surface area contributed by atoms with E-state index < -0.39 is 6.04 Å². The van der Waals surface area contributed by atoms with Crippen molar-refractivity contribution >= 4 is 22.7 Å². The normalized spacial score (nSPS) is 21.1. The smallest absolute Gasteiger partial charge is 0.246 e.